The topological polar surface area (TPSA) is 59.1 Å². The molecule has 2 N–H and O–H groups in total. The number of alkyl halides is 3. The van der Waals surface area contributed by atoms with Crippen LogP contribution in [-0.2, 0) is 10.9 Å². The van der Waals surface area contributed by atoms with Crippen LogP contribution in [0.25, 0.3) is 0 Å². The number of methoxy groups -OCH3 is 1. The van der Waals surface area contributed by atoms with Gasteiger partial charge in [0, 0.05) is 32.0 Å². The standard InChI is InChI=1S/C16H18ClF3N4O/c1-10-8-14(24-15(22-10)21-6-3-7-25-2)23-13-9-11(16(18,19)20)4-5-12(13)17/h4-5,8-9H,3,6-7H2,1-2H3,(H2,21,22,23,24). The Kier molecular flexibility index (Phi) is 6.44. The number of aryl methyl sites for hydroxylation is 1. The van der Waals surface area contributed by atoms with Gasteiger partial charge in [-0.2, -0.15) is 18.2 Å². The average Bonchev–Trinajstić information content (AvgIpc) is 2.52. The van der Waals surface area contributed by atoms with Crippen LogP contribution >= 0.6 is 11.6 Å². The first kappa shape index (κ1) is 19.3. The number of ether oxygens (including phenoxy) is 1. The molecule has 1 heterocycles. The molecule has 0 atom stereocenters. The first-order chi connectivity index (χ1) is 11.8. The van der Waals surface area contributed by atoms with Crippen LogP contribution in [0.2, 0.25) is 5.02 Å². The first-order valence-electron chi connectivity index (χ1n) is 7.52. The van der Waals surface area contributed by atoms with Crippen molar-refractivity contribution >= 4 is 29.1 Å². The molecule has 0 saturated carbocycles. The van der Waals surface area contributed by atoms with E-state index in [0.717, 1.165) is 18.6 Å². The van der Waals surface area contributed by atoms with Gasteiger partial charge in [0.25, 0.3) is 0 Å². The van der Waals surface area contributed by atoms with Gasteiger partial charge in [-0.05, 0) is 31.5 Å². The van der Waals surface area contributed by atoms with E-state index in [1.807, 2.05) is 0 Å². The Morgan fingerprint density at radius 3 is 2.64 bits per heavy atom. The van der Waals surface area contributed by atoms with Gasteiger partial charge in [-0.15, -0.1) is 0 Å². The molecule has 0 fully saturated rings. The third-order valence-corrected chi connectivity index (χ3v) is 3.55. The predicted molar refractivity (Wildman–Crippen MR) is 91.5 cm³/mol. The Labute approximate surface area is 148 Å². The zero-order chi connectivity index (χ0) is 18.4. The van der Waals surface area contributed by atoms with E-state index in [2.05, 4.69) is 20.6 Å². The predicted octanol–water partition coefficient (Wildman–Crippen LogP) is 4.65. The summed E-state index contributed by atoms with van der Waals surface area (Å²) in [5.74, 6) is 0.727. The number of hydrogen-bond acceptors (Lipinski definition) is 5. The maximum atomic E-state index is 12.9. The molecule has 136 valence electrons. The van der Waals surface area contributed by atoms with Gasteiger partial charge in [-0.3, -0.25) is 0 Å². The molecule has 0 aliphatic heterocycles. The van der Waals surface area contributed by atoms with E-state index in [0.29, 0.717) is 30.6 Å². The van der Waals surface area contributed by atoms with Crippen LogP contribution in [0.4, 0.5) is 30.6 Å². The highest BCUT2D eigenvalue weighted by Crippen LogP contribution is 2.34. The molecular weight excluding hydrogens is 357 g/mol. The van der Waals surface area contributed by atoms with Gasteiger partial charge in [0.15, 0.2) is 0 Å². The smallest absolute Gasteiger partial charge is 0.385 e. The van der Waals surface area contributed by atoms with Gasteiger partial charge < -0.3 is 15.4 Å². The van der Waals surface area contributed by atoms with Crippen LogP contribution in [0.1, 0.15) is 17.7 Å². The second-order valence-electron chi connectivity index (χ2n) is 5.31. The Balaban J connectivity index is 2.18. The molecule has 0 bridgehead atoms. The van der Waals surface area contributed by atoms with Crippen molar-refractivity contribution in [2.24, 2.45) is 0 Å². The second-order valence-corrected chi connectivity index (χ2v) is 5.72. The summed E-state index contributed by atoms with van der Waals surface area (Å²) in [6.07, 6.45) is -3.67. The average molecular weight is 375 g/mol. The summed E-state index contributed by atoms with van der Waals surface area (Å²) >= 11 is 5.99. The van der Waals surface area contributed by atoms with E-state index in [1.54, 1.807) is 20.1 Å². The molecule has 0 radical (unpaired) electrons. The van der Waals surface area contributed by atoms with Crippen LogP contribution in [0.15, 0.2) is 24.3 Å². The Bertz CT molecular complexity index is 725. The van der Waals surface area contributed by atoms with Crippen molar-refractivity contribution in [2.75, 3.05) is 30.9 Å². The number of halogens is 4. The van der Waals surface area contributed by atoms with Gasteiger partial charge in [-0.25, -0.2) is 4.98 Å². The quantitative estimate of drug-likeness (QED) is 0.691. The number of rotatable bonds is 7. The number of nitrogens with zero attached hydrogens (tertiary/aromatic N) is 2. The van der Waals surface area contributed by atoms with Crippen LogP contribution in [0.3, 0.4) is 0 Å². The molecule has 0 saturated heterocycles. The molecule has 0 unspecified atom stereocenters. The Morgan fingerprint density at radius 2 is 1.96 bits per heavy atom. The minimum atomic E-state index is -4.45. The van der Waals surface area contributed by atoms with Crippen LogP contribution in [0, 0.1) is 6.92 Å². The highest BCUT2D eigenvalue weighted by Gasteiger charge is 2.31. The highest BCUT2D eigenvalue weighted by atomic mass is 35.5. The molecule has 1 aromatic carbocycles. The molecule has 5 nitrogen and oxygen atoms in total. The summed E-state index contributed by atoms with van der Waals surface area (Å²) in [4.78, 5) is 8.48. The molecule has 9 heteroatoms. The normalized spacial score (nSPS) is 11.4. The first-order valence-corrected chi connectivity index (χ1v) is 7.89. The lowest BCUT2D eigenvalue weighted by atomic mass is 10.2. The van der Waals surface area contributed by atoms with E-state index in [4.69, 9.17) is 16.3 Å². The van der Waals surface area contributed by atoms with E-state index >= 15 is 0 Å². The number of benzene rings is 1. The van der Waals surface area contributed by atoms with E-state index in [1.165, 1.54) is 6.07 Å². The summed E-state index contributed by atoms with van der Waals surface area (Å²) in [7, 11) is 1.62. The summed E-state index contributed by atoms with van der Waals surface area (Å²) in [5.41, 5.74) is -0.00198. The lowest BCUT2D eigenvalue weighted by Crippen LogP contribution is -2.10. The third-order valence-electron chi connectivity index (χ3n) is 3.22. The molecular formula is C16H18ClF3N4O. The van der Waals surface area contributed by atoms with Gasteiger partial charge in [0.05, 0.1) is 16.3 Å². The molecule has 25 heavy (non-hydrogen) atoms. The molecule has 2 aromatic rings. The molecule has 0 amide bonds. The summed E-state index contributed by atoms with van der Waals surface area (Å²) in [6, 6.07) is 4.70. The molecule has 0 spiro atoms. The fraction of sp³-hybridized carbons (Fsp3) is 0.375. The van der Waals surface area contributed by atoms with Crippen molar-refractivity contribution in [3.63, 3.8) is 0 Å². The number of hydrogen-bond donors (Lipinski definition) is 2. The summed E-state index contributed by atoms with van der Waals surface area (Å²) in [5, 5.41) is 6.03. The van der Waals surface area contributed by atoms with E-state index < -0.39 is 11.7 Å². The highest BCUT2D eigenvalue weighted by molar-refractivity contribution is 6.33. The van der Waals surface area contributed by atoms with Crippen molar-refractivity contribution in [1.82, 2.24) is 9.97 Å². The SMILES string of the molecule is COCCCNc1nc(C)cc(Nc2cc(C(F)(F)F)ccc2Cl)n1. The van der Waals surface area contributed by atoms with Crippen LogP contribution < -0.4 is 10.6 Å². The number of anilines is 3. The Hall–Kier alpha value is -2.06. The molecule has 0 aliphatic rings. The summed E-state index contributed by atoms with van der Waals surface area (Å²) in [6.45, 7) is 2.98. The van der Waals surface area contributed by atoms with E-state index in [9.17, 15) is 13.2 Å². The van der Waals surface area contributed by atoms with Crippen molar-refractivity contribution in [1.29, 1.82) is 0 Å². The molecule has 0 aliphatic carbocycles. The van der Waals surface area contributed by atoms with E-state index in [-0.39, 0.29) is 10.7 Å². The van der Waals surface area contributed by atoms with Crippen LogP contribution in [0.5, 0.6) is 0 Å². The monoisotopic (exact) mass is 374 g/mol. The minimum Gasteiger partial charge on any atom is -0.385 e. The largest absolute Gasteiger partial charge is 0.416 e. The van der Waals surface area contributed by atoms with Crippen LogP contribution in [-0.4, -0.2) is 30.2 Å². The Morgan fingerprint density at radius 1 is 1.20 bits per heavy atom. The zero-order valence-electron chi connectivity index (χ0n) is 13.7. The van der Waals surface area contributed by atoms with Crippen molar-refractivity contribution in [2.45, 2.75) is 19.5 Å². The van der Waals surface area contributed by atoms with Gasteiger partial charge in [0.1, 0.15) is 5.82 Å². The third kappa shape index (κ3) is 5.75. The lowest BCUT2D eigenvalue weighted by molar-refractivity contribution is -0.137. The molecule has 1 aromatic heterocycles. The maximum absolute atomic E-state index is 12.9. The fourth-order valence-electron chi connectivity index (χ4n) is 2.06. The zero-order valence-corrected chi connectivity index (χ0v) is 14.5. The summed E-state index contributed by atoms with van der Waals surface area (Å²) < 4.78 is 43.5. The fourth-order valence-corrected chi connectivity index (χ4v) is 2.23. The lowest BCUT2D eigenvalue weighted by Gasteiger charge is -2.13. The minimum absolute atomic E-state index is 0.125. The second kappa shape index (κ2) is 8.35. The maximum Gasteiger partial charge on any atom is 0.416 e. The number of aromatic nitrogens is 2. The molecule has 2 rings (SSSR count). The van der Waals surface area contributed by atoms with Gasteiger partial charge in [-0.1, -0.05) is 11.6 Å². The van der Waals surface area contributed by atoms with Crippen molar-refractivity contribution in [3.05, 3.63) is 40.5 Å². The van der Waals surface area contributed by atoms with Crippen molar-refractivity contribution in [3.8, 4) is 0 Å². The van der Waals surface area contributed by atoms with Crippen molar-refractivity contribution < 1.29 is 17.9 Å². The van der Waals surface area contributed by atoms with Gasteiger partial charge >= 0.3 is 6.18 Å². The van der Waals surface area contributed by atoms with Gasteiger partial charge in [0.2, 0.25) is 5.95 Å². The number of nitrogens with one attached hydrogen (secondary N) is 2.